The van der Waals surface area contributed by atoms with Gasteiger partial charge in [-0.25, -0.2) is 9.78 Å². The largest absolute Gasteiger partial charge is 0.349 e. The number of aromatic nitrogens is 4. The van der Waals surface area contributed by atoms with Crippen LogP contribution in [-0.2, 0) is 13.6 Å². The fourth-order valence-electron chi connectivity index (χ4n) is 4.15. The molecule has 0 aromatic carbocycles. The highest BCUT2D eigenvalue weighted by molar-refractivity contribution is 6.30. The molecular weight excluding hydrogens is 390 g/mol. The molecule has 0 saturated heterocycles. The van der Waals surface area contributed by atoms with Gasteiger partial charge in [-0.1, -0.05) is 11.6 Å². The summed E-state index contributed by atoms with van der Waals surface area (Å²) in [6.45, 7) is 2.46. The lowest BCUT2D eigenvalue weighted by atomic mass is 9.86. The molecule has 7 nitrogen and oxygen atoms in total. The predicted octanol–water partition coefficient (Wildman–Crippen LogP) is 3.08. The molecule has 4 rings (SSSR count). The van der Waals surface area contributed by atoms with Crippen LogP contribution in [0.15, 0.2) is 35.4 Å². The summed E-state index contributed by atoms with van der Waals surface area (Å²) in [4.78, 5) is 33.7. The number of hydrogen-bond donors (Lipinski definition) is 1. The number of nitrogens with one attached hydrogen (secondary N) is 1. The molecule has 0 unspecified atom stereocenters. The molecule has 0 aliphatic heterocycles. The number of halogens is 1. The number of hydrogen-bond acceptors (Lipinski definition) is 4. The summed E-state index contributed by atoms with van der Waals surface area (Å²) in [6.07, 6.45) is 6.94. The van der Waals surface area contributed by atoms with Crippen molar-refractivity contribution in [3.63, 3.8) is 0 Å². The van der Waals surface area contributed by atoms with Gasteiger partial charge in [0.1, 0.15) is 0 Å². The van der Waals surface area contributed by atoms with Crippen LogP contribution in [0.1, 0.15) is 41.7 Å². The van der Waals surface area contributed by atoms with Gasteiger partial charge in [-0.05, 0) is 56.7 Å². The first-order chi connectivity index (χ1) is 13.9. The van der Waals surface area contributed by atoms with E-state index in [-0.39, 0.29) is 17.6 Å². The molecule has 1 saturated carbocycles. The third-order valence-electron chi connectivity index (χ3n) is 5.82. The monoisotopic (exact) mass is 413 g/mol. The molecule has 0 spiro atoms. The molecule has 1 N–H and O–H groups in total. The normalized spacial score (nSPS) is 19.4. The third-order valence-corrected chi connectivity index (χ3v) is 6.03. The number of rotatable bonds is 4. The van der Waals surface area contributed by atoms with Gasteiger partial charge < -0.3 is 5.32 Å². The predicted molar refractivity (Wildman–Crippen MR) is 112 cm³/mol. The average Bonchev–Trinajstić information content (AvgIpc) is 2.96. The number of fused-ring (bicyclic) bond motifs is 1. The zero-order valence-corrected chi connectivity index (χ0v) is 17.3. The topological polar surface area (TPSA) is 81.8 Å². The van der Waals surface area contributed by atoms with E-state index < -0.39 is 0 Å². The van der Waals surface area contributed by atoms with E-state index in [0.717, 1.165) is 36.8 Å². The second-order valence-corrected chi connectivity index (χ2v) is 8.21. The molecule has 0 bridgehead atoms. The molecular formula is C21H24ClN5O2. The van der Waals surface area contributed by atoms with Crippen LogP contribution in [0, 0.1) is 12.8 Å². The number of imidazole rings is 1. The molecule has 1 aliphatic rings. The van der Waals surface area contributed by atoms with Crippen LogP contribution < -0.4 is 11.0 Å². The van der Waals surface area contributed by atoms with Crippen LogP contribution in [0.2, 0.25) is 5.02 Å². The second kappa shape index (κ2) is 7.99. The summed E-state index contributed by atoms with van der Waals surface area (Å²) in [5.41, 5.74) is 2.75. The summed E-state index contributed by atoms with van der Waals surface area (Å²) >= 11 is 5.98. The lowest BCUT2D eigenvalue weighted by molar-refractivity contribution is 0.0919. The van der Waals surface area contributed by atoms with Crippen molar-refractivity contribution in [2.24, 2.45) is 13.0 Å². The number of carbonyl (C=O) groups excluding carboxylic acids is 1. The van der Waals surface area contributed by atoms with E-state index in [1.54, 1.807) is 41.6 Å². The molecule has 1 aliphatic carbocycles. The van der Waals surface area contributed by atoms with E-state index in [0.29, 0.717) is 28.7 Å². The highest BCUT2D eigenvalue weighted by Crippen LogP contribution is 2.27. The van der Waals surface area contributed by atoms with Crippen LogP contribution >= 0.6 is 11.6 Å². The second-order valence-electron chi connectivity index (χ2n) is 7.78. The molecule has 0 atom stereocenters. The van der Waals surface area contributed by atoms with Gasteiger partial charge in [0, 0.05) is 32.0 Å². The first-order valence-corrected chi connectivity index (χ1v) is 10.2. The van der Waals surface area contributed by atoms with E-state index in [2.05, 4.69) is 15.3 Å². The Labute approximate surface area is 173 Å². The van der Waals surface area contributed by atoms with Crippen LogP contribution in [-0.4, -0.2) is 31.1 Å². The van der Waals surface area contributed by atoms with E-state index in [1.807, 2.05) is 12.1 Å². The number of nitrogens with zero attached hydrogens (tertiary/aromatic N) is 4. The van der Waals surface area contributed by atoms with Gasteiger partial charge in [0.05, 0.1) is 21.8 Å². The fourth-order valence-corrected chi connectivity index (χ4v) is 4.30. The maximum atomic E-state index is 12.6. The summed E-state index contributed by atoms with van der Waals surface area (Å²) in [6, 6.07) is 5.54. The molecule has 152 valence electrons. The van der Waals surface area contributed by atoms with Crippen molar-refractivity contribution < 1.29 is 4.79 Å². The van der Waals surface area contributed by atoms with Crippen molar-refractivity contribution in [3.05, 3.63) is 57.4 Å². The zero-order chi connectivity index (χ0) is 20.5. The Hall–Kier alpha value is -2.67. The lowest BCUT2D eigenvalue weighted by Gasteiger charge is -2.29. The summed E-state index contributed by atoms with van der Waals surface area (Å²) < 4.78 is 3.43. The van der Waals surface area contributed by atoms with E-state index >= 15 is 0 Å². The Kier molecular flexibility index (Phi) is 5.41. The third kappa shape index (κ3) is 3.92. The Balaban J connectivity index is 1.39. The van der Waals surface area contributed by atoms with E-state index in [4.69, 9.17) is 11.6 Å². The first-order valence-electron chi connectivity index (χ1n) is 9.87. The minimum atomic E-state index is -0.129. The lowest BCUT2D eigenvalue weighted by Crippen LogP contribution is -2.39. The van der Waals surface area contributed by atoms with Gasteiger partial charge in [0.15, 0.2) is 5.65 Å². The maximum absolute atomic E-state index is 12.6. The van der Waals surface area contributed by atoms with Gasteiger partial charge in [-0.3, -0.25) is 18.9 Å². The molecule has 1 fully saturated rings. The Morgan fingerprint density at radius 2 is 2.03 bits per heavy atom. The molecule has 3 heterocycles. The summed E-state index contributed by atoms with van der Waals surface area (Å²) in [5.74, 6) is 0.262. The standard InChI is InChI=1S/C21H24ClN5O2/c1-13-17(10-15(22)11-24-13)20(28)25-16-7-5-14(6-8-16)12-27-19-18(4-3-9-23-19)26(2)21(27)29/h3-4,9-11,14,16H,5-8,12H2,1-2H3,(H,25,28). The summed E-state index contributed by atoms with van der Waals surface area (Å²) in [7, 11) is 1.78. The van der Waals surface area contributed by atoms with Gasteiger partial charge in [0.25, 0.3) is 5.91 Å². The Morgan fingerprint density at radius 1 is 1.28 bits per heavy atom. The number of amides is 1. The minimum absolute atomic E-state index is 0.0296. The fraction of sp³-hybridized carbons (Fsp3) is 0.429. The minimum Gasteiger partial charge on any atom is -0.349 e. The Bertz CT molecular complexity index is 1110. The van der Waals surface area contributed by atoms with Crippen molar-refractivity contribution in [2.75, 3.05) is 0 Å². The molecule has 3 aromatic heterocycles. The van der Waals surface area contributed by atoms with E-state index in [1.165, 1.54) is 0 Å². The number of aryl methyl sites for hydroxylation is 2. The van der Waals surface area contributed by atoms with Gasteiger partial charge in [0.2, 0.25) is 0 Å². The van der Waals surface area contributed by atoms with Gasteiger partial charge in [-0.2, -0.15) is 0 Å². The van der Waals surface area contributed by atoms with Gasteiger partial charge in [-0.15, -0.1) is 0 Å². The van der Waals surface area contributed by atoms with Crippen LogP contribution in [0.25, 0.3) is 11.2 Å². The van der Waals surface area contributed by atoms with Crippen molar-refractivity contribution in [1.82, 2.24) is 24.4 Å². The van der Waals surface area contributed by atoms with Crippen molar-refractivity contribution in [1.29, 1.82) is 0 Å². The quantitative estimate of drug-likeness (QED) is 0.712. The SMILES string of the molecule is Cc1ncc(Cl)cc1C(=O)NC1CCC(Cn2c(=O)n(C)c3cccnc32)CC1. The van der Waals surface area contributed by atoms with Crippen molar-refractivity contribution >= 4 is 28.7 Å². The molecule has 8 heteroatoms. The van der Waals surface area contributed by atoms with Crippen molar-refractivity contribution in [3.8, 4) is 0 Å². The zero-order valence-electron chi connectivity index (χ0n) is 16.6. The first kappa shape index (κ1) is 19.6. The Morgan fingerprint density at radius 3 is 2.79 bits per heavy atom. The van der Waals surface area contributed by atoms with Crippen LogP contribution in [0.5, 0.6) is 0 Å². The molecule has 0 radical (unpaired) electrons. The average molecular weight is 414 g/mol. The summed E-state index contributed by atoms with van der Waals surface area (Å²) in [5, 5.41) is 3.57. The number of carbonyl (C=O) groups is 1. The van der Waals surface area contributed by atoms with Gasteiger partial charge >= 0.3 is 5.69 Å². The maximum Gasteiger partial charge on any atom is 0.330 e. The molecule has 1 amide bonds. The van der Waals surface area contributed by atoms with Crippen LogP contribution in [0.4, 0.5) is 0 Å². The highest BCUT2D eigenvalue weighted by atomic mass is 35.5. The smallest absolute Gasteiger partial charge is 0.330 e. The molecule has 3 aromatic rings. The molecule has 29 heavy (non-hydrogen) atoms. The van der Waals surface area contributed by atoms with Crippen LogP contribution in [0.3, 0.4) is 0 Å². The number of pyridine rings is 2. The highest BCUT2D eigenvalue weighted by Gasteiger charge is 2.25. The van der Waals surface area contributed by atoms with E-state index in [9.17, 15) is 9.59 Å². The van der Waals surface area contributed by atoms with Crippen molar-refractivity contribution in [2.45, 2.75) is 45.2 Å².